The molecule has 3 heteroatoms. The van der Waals surface area contributed by atoms with Crippen LogP contribution in [0.25, 0.3) is 0 Å². The SMILES string of the molecule is ClCC(CCCOc1ccccc1)c1ccc(Cl)cc1. The number of ether oxygens (including phenoxy) is 1. The fourth-order valence-electron chi connectivity index (χ4n) is 2.10. The van der Waals surface area contributed by atoms with Crippen LogP contribution in [-0.4, -0.2) is 12.5 Å². The maximum absolute atomic E-state index is 6.06. The molecule has 0 N–H and O–H groups in total. The molecule has 2 rings (SSSR count). The second kappa shape index (κ2) is 8.18. The van der Waals surface area contributed by atoms with Crippen molar-refractivity contribution in [3.8, 4) is 5.75 Å². The van der Waals surface area contributed by atoms with Crippen molar-refractivity contribution in [3.05, 3.63) is 65.2 Å². The number of hydrogen-bond acceptors (Lipinski definition) is 1. The molecule has 1 unspecified atom stereocenters. The second-order valence-electron chi connectivity index (χ2n) is 4.71. The third-order valence-electron chi connectivity index (χ3n) is 3.24. The third kappa shape index (κ3) is 4.73. The minimum atomic E-state index is 0.355. The molecule has 2 aromatic rings. The summed E-state index contributed by atoms with van der Waals surface area (Å²) in [6, 6.07) is 17.8. The van der Waals surface area contributed by atoms with E-state index in [0.29, 0.717) is 18.4 Å². The zero-order chi connectivity index (χ0) is 14.2. The van der Waals surface area contributed by atoms with Crippen LogP contribution in [0, 0.1) is 0 Å². The highest BCUT2D eigenvalue weighted by atomic mass is 35.5. The first-order valence-electron chi connectivity index (χ1n) is 6.79. The highest BCUT2D eigenvalue weighted by molar-refractivity contribution is 6.30. The summed E-state index contributed by atoms with van der Waals surface area (Å²) in [4.78, 5) is 0. The summed E-state index contributed by atoms with van der Waals surface area (Å²) in [6.45, 7) is 0.713. The van der Waals surface area contributed by atoms with Gasteiger partial charge in [-0.25, -0.2) is 0 Å². The van der Waals surface area contributed by atoms with E-state index < -0.39 is 0 Å². The Labute approximate surface area is 130 Å². The lowest BCUT2D eigenvalue weighted by Crippen LogP contribution is -2.04. The van der Waals surface area contributed by atoms with Crippen LogP contribution in [0.2, 0.25) is 5.02 Å². The van der Waals surface area contributed by atoms with Crippen LogP contribution in [0.1, 0.15) is 24.3 Å². The molecule has 1 nitrogen and oxygen atoms in total. The maximum Gasteiger partial charge on any atom is 0.119 e. The van der Waals surface area contributed by atoms with Crippen LogP contribution in [0.3, 0.4) is 0 Å². The topological polar surface area (TPSA) is 9.23 Å². The summed E-state index contributed by atoms with van der Waals surface area (Å²) >= 11 is 12.0. The highest BCUT2D eigenvalue weighted by Gasteiger charge is 2.10. The zero-order valence-electron chi connectivity index (χ0n) is 11.3. The summed E-state index contributed by atoms with van der Waals surface area (Å²) in [5, 5.41) is 0.759. The summed E-state index contributed by atoms with van der Waals surface area (Å²) in [7, 11) is 0. The van der Waals surface area contributed by atoms with Crippen LogP contribution >= 0.6 is 23.2 Å². The Kier molecular flexibility index (Phi) is 6.23. The lowest BCUT2D eigenvalue weighted by Gasteiger charge is -2.14. The number of para-hydroxylation sites is 1. The van der Waals surface area contributed by atoms with Crippen molar-refractivity contribution in [2.75, 3.05) is 12.5 Å². The van der Waals surface area contributed by atoms with Crippen LogP contribution in [0.5, 0.6) is 5.75 Å². The molecule has 0 fully saturated rings. The Balaban J connectivity index is 1.78. The molecular formula is C17H18Cl2O. The Hall–Kier alpha value is -1.18. The minimum absolute atomic E-state index is 0.355. The van der Waals surface area contributed by atoms with E-state index >= 15 is 0 Å². The zero-order valence-corrected chi connectivity index (χ0v) is 12.8. The van der Waals surface area contributed by atoms with E-state index in [1.54, 1.807) is 0 Å². The van der Waals surface area contributed by atoms with Crippen LogP contribution in [0.15, 0.2) is 54.6 Å². The lowest BCUT2D eigenvalue weighted by atomic mass is 9.96. The molecular weight excluding hydrogens is 291 g/mol. The molecule has 2 aromatic carbocycles. The van der Waals surface area contributed by atoms with E-state index in [1.807, 2.05) is 54.6 Å². The van der Waals surface area contributed by atoms with Crippen LogP contribution in [0.4, 0.5) is 0 Å². The highest BCUT2D eigenvalue weighted by Crippen LogP contribution is 2.24. The predicted octanol–water partition coefficient (Wildman–Crippen LogP) is 5.52. The van der Waals surface area contributed by atoms with E-state index in [9.17, 15) is 0 Å². The van der Waals surface area contributed by atoms with Gasteiger partial charge in [0.15, 0.2) is 0 Å². The number of alkyl halides is 1. The standard InChI is InChI=1S/C17H18Cl2O/c18-13-15(14-8-10-16(19)11-9-14)5-4-12-20-17-6-2-1-3-7-17/h1-3,6-11,15H,4-5,12-13H2. The van der Waals surface area contributed by atoms with Gasteiger partial charge in [0.05, 0.1) is 6.61 Å². The van der Waals surface area contributed by atoms with Gasteiger partial charge < -0.3 is 4.74 Å². The van der Waals surface area contributed by atoms with Gasteiger partial charge in [-0.2, -0.15) is 0 Å². The first kappa shape index (κ1) is 15.2. The Morgan fingerprint density at radius 2 is 1.65 bits per heavy atom. The van der Waals surface area contributed by atoms with Gasteiger partial charge in [0.2, 0.25) is 0 Å². The average molecular weight is 309 g/mol. The van der Waals surface area contributed by atoms with Crippen LogP contribution < -0.4 is 4.74 Å². The largest absolute Gasteiger partial charge is 0.494 e. The Morgan fingerprint density at radius 1 is 0.950 bits per heavy atom. The number of halogens is 2. The maximum atomic E-state index is 6.06. The monoisotopic (exact) mass is 308 g/mol. The molecule has 1 atom stereocenters. The van der Waals surface area contributed by atoms with Gasteiger partial charge >= 0.3 is 0 Å². The van der Waals surface area contributed by atoms with E-state index in [2.05, 4.69) is 0 Å². The van der Waals surface area contributed by atoms with Crippen molar-refractivity contribution in [3.63, 3.8) is 0 Å². The molecule has 0 bridgehead atoms. The molecule has 0 amide bonds. The molecule has 20 heavy (non-hydrogen) atoms. The molecule has 0 aliphatic rings. The van der Waals surface area contributed by atoms with E-state index in [0.717, 1.165) is 23.6 Å². The first-order chi connectivity index (χ1) is 9.79. The summed E-state index contributed by atoms with van der Waals surface area (Å²) in [5.74, 6) is 1.89. The van der Waals surface area contributed by atoms with E-state index in [-0.39, 0.29) is 0 Å². The first-order valence-corrected chi connectivity index (χ1v) is 7.70. The van der Waals surface area contributed by atoms with Gasteiger partial charge in [0.1, 0.15) is 5.75 Å². The van der Waals surface area contributed by atoms with Gasteiger partial charge in [-0.1, -0.05) is 41.9 Å². The van der Waals surface area contributed by atoms with Gasteiger partial charge in [-0.3, -0.25) is 0 Å². The predicted molar refractivity (Wildman–Crippen MR) is 86.1 cm³/mol. The average Bonchev–Trinajstić information content (AvgIpc) is 2.50. The number of rotatable bonds is 7. The van der Waals surface area contributed by atoms with Crippen molar-refractivity contribution in [2.24, 2.45) is 0 Å². The van der Waals surface area contributed by atoms with Crippen molar-refractivity contribution in [1.82, 2.24) is 0 Å². The molecule has 0 saturated heterocycles. The normalized spacial score (nSPS) is 12.1. The van der Waals surface area contributed by atoms with Gasteiger partial charge in [0.25, 0.3) is 0 Å². The Morgan fingerprint density at radius 3 is 2.30 bits per heavy atom. The van der Waals surface area contributed by atoms with Crippen molar-refractivity contribution in [2.45, 2.75) is 18.8 Å². The second-order valence-corrected chi connectivity index (χ2v) is 5.45. The summed E-state index contributed by atoms with van der Waals surface area (Å²) in [6.07, 6.45) is 1.99. The smallest absolute Gasteiger partial charge is 0.119 e. The quantitative estimate of drug-likeness (QED) is 0.483. The van der Waals surface area contributed by atoms with E-state index in [1.165, 1.54) is 5.56 Å². The Bertz CT molecular complexity index is 496. The van der Waals surface area contributed by atoms with Gasteiger partial charge in [-0.15, -0.1) is 11.6 Å². The fourth-order valence-corrected chi connectivity index (χ4v) is 2.56. The summed E-state index contributed by atoms with van der Waals surface area (Å²) < 4.78 is 5.69. The lowest BCUT2D eigenvalue weighted by molar-refractivity contribution is 0.303. The molecule has 0 radical (unpaired) electrons. The number of benzene rings is 2. The molecule has 106 valence electrons. The molecule has 0 heterocycles. The van der Waals surface area contributed by atoms with Crippen LogP contribution in [-0.2, 0) is 0 Å². The molecule has 0 saturated carbocycles. The molecule has 0 aromatic heterocycles. The third-order valence-corrected chi connectivity index (χ3v) is 3.86. The molecule has 0 aliphatic carbocycles. The van der Waals surface area contributed by atoms with E-state index in [4.69, 9.17) is 27.9 Å². The molecule has 0 aliphatic heterocycles. The molecule has 0 spiro atoms. The van der Waals surface area contributed by atoms with Crippen molar-refractivity contribution in [1.29, 1.82) is 0 Å². The fraction of sp³-hybridized carbons (Fsp3) is 0.294. The minimum Gasteiger partial charge on any atom is -0.494 e. The van der Waals surface area contributed by atoms with Crippen molar-refractivity contribution < 1.29 is 4.74 Å². The summed E-state index contributed by atoms with van der Waals surface area (Å²) in [5.41, 5.74) is 1.24. The number of hydrogen-bond donors (Lipinski definition) is 0. The van der Waals surface area contributed by atoms with Gasteiger partial charge in [-0.05, 0) is 48.6 Å². The van der Waals surface area contributed by atoms with Crippen molar-refractivity contribution >= 4 is 23.2 Å². The van der Waals surface area contributed by atoms with Gasteiger partial charge in [0, 0.05) is 10.9 Å².